The normalized spacial score (nSPS) is 20.3. The van der Waals surface area contributed by atoms with E-state index in [1.54, 1.807) is 9.80 Å². The molecule has 1 heterocycles. The van der Waals surface area contributed by atoms with E-state index in [-0.39, 0.29) is 30.1 Å². The number of hydrogen-bond acceptors (Lipinski definition) is 4. The largest absolute Gasteiger partial charge is 0.444 e. The maximum Gasteiger partial charge on any atom is 0.410 e. The topological polar surface area (TPSA) is 66.9 Å². The molecule has 0 saturated carbocycles. The quantitative estimate of drug-likeness (QED) is 0.801. The number of fused-ring (bicyclic) bond motifs is 1. The summed E-state index contributed by atoms with van der Waals surface area (Å²) < 4.78 is 5.38. The first kappa shape index (κ1) is 19.4. The van der Waals surface area contributed by atoms with E-state index in [0.29, 0.717) is 26.2 Å². The molecule has 0 spiro atoms. The van der Waals surface area contributed by atoms with Gasteiger partial charge in [0.2, 0.25) is 5.91 Å². The number of ketones is 1. The predicted octanol–water partition coefficient (Wildman–Crippen LogP) is 2.90. The Balaban J connectivity index is 1.52. The van der Waals surface area contributed by atoms with Crippen molar-refractivity contribution in [2.45, 2.75) is 45.6 Å². The van der Waals surface area contributed by atoms with E-state index in [1.807, 2.05) is 45.0 Å². The second-order valence-electron chi connectivity index (χ2n) is 8.31. The molecule has 146 valence electrons. The van der Waals surface area contributed by atoms with Crippen molar-refractivity contribution in [3.63, 3.8) is 0 Å². The molecular formula is C21H28N2O4. The molecule has 3 rings (SSSR count). The Bertz CT molecular complexity index is 730. The van der Waals surface area contributed by atoms with Gasteiger partial charge in [-0.1, -0.05) is 24.3 Å². The molecule has 0 N–H and O–H groups in total. The number of aryl methyl sites for hydroxylation is 1. The summed E-state index contributed by atoms with van der Waals surface area (Å²) in [7, 11) is 0. The summed E-state index contributed by atoms with van der Waals surface area (Å²) in [5.41, 5.74) is 1.32. The van der Waals surface area contributed by atoms with E-state index in [1.165, 1.54) is 0 Å². The van der Waals surface area contributed by atoms with Gasteiger partial charge in [-0.2, -0.15) is 0 Å². The number of carbonyl (C=O) groups excluding carboxylic acids is 3. The summed E-state index contributed by atoms with van der Waals surface area (Å²) in [6, 6.07) is 7.66. The lowest BCUT2D eigenvalue weighted by Crippen LogP contribution is -2.52. The zero-order valence-electron chi connectivity index (χ0n) is 16.4. The number of benzene rings is 1. The van der Waals surface area contributed by atoms with Crippen molar-refractivity contribution in [2.75, 3.05) is 26.2 Å². The van der Waals surface area contributed by atoms with E-state index in [0.717, 1.165) is 24.0 Å². The van der Waals surface area contributed by atoms with E-state index in [4.69, 9.17) is 4.74 Å². The molecule has 1 aromatic carbocycles. The summed E-state index contributed by atoms with van der Waals surface area (Å²) in [5, 5.41) is 0. The molecule has 1 aromatic rings. The third kappa shape index (κ3) is 4.67. The average Bonchev–Trinajstić information content (AvgIpc) is 2.63. The van der Waals surface area contributed by atoms with Crippen LogP contribution < -0.4 is 0 Å². The molecule has 27 heavy (non-hydrogen) atoms. The van der Waals surface area contributed by atoms with Gasteiger partial charge < -0.3 is 14.5 Å². The first-order valence-electron chi connectivity index (χ1n) is 9.62. The second-order valence-corrected chi connectivity index (χ2v) is 8.31. The Morgan fingerprint density at radius 3 is 2.37 bits per heavy atom. The number of hydrogen-bond donors (Lipinski definition) is 0. The molecule has 1 saturated heterocycles. The van der Waals surface area contributed by atoms with Crippen LogP contribution in [0.5, 0.6) is 0 Å². The standard InChI is InChI=1S/C21H28N2O4/c1-21(2,3)27-20(26)23-12-10-22(11-13-23)18(24)14-16-9-8-15-6-4-5-7-17(15)19(16)25/h4-7,16H,8-14H2,1-3H3. The molecule has 0 radical (unpaired) electrons. The van der Waals surface area contributed by atoms with Crippen LogP contribution >= 0.6 is 0 Å². The van der Waals surface area contributed by atoms with Gasteiger partial charge >= 0.3 is 6.09 Å². The van der Waals surface area contributed by atoms with Crippen LogP contribution in [0.4, 0.5) is 4.79 Å². The fraction of sp³-hybridized carbons (Fsp3) is 0.571. The number of carbonyl (C=O) groups is 3. The highest BCUT2D eigenvalue weighted by Gasteiger charge is 2.32. The van der Waals surface area contributed by atoms with Crippen LogP contribution in [-0.2, 0) is 16.0 Å². The molecule has 2 aliphatic rings. The lowest BCUT2D eigenvalue weighted by molar-refractivity contribution is -0.133. The lowest BCUT2D eigenvalue weighted by atomic mass is 9.81. The minimum absolute atomic E-state index is 0.00318. The summed E-state index contributed by atoms with van der Waals surface area (Å²) in [5.74, 6) is -0.162. The lowest BCUT2D eigenvalue weighted by Gasteiger charge is -2.36. The van der Waals surface area contributed by atoms with Crippen LogP contribution in [0.2, 0.25) is 0 Å². The highest BCUT2D eigenvalue weighted by molar-refractivity contribution is 6.01. The molecule has 2 amide bonds. The van der Waals surface area contributed by atoms with Crippen molar-refractivity contribution < 1.29 is 19.1 Å². The molecule has 1 unspecified atom stereocenters. The van der Waals surface area contributed by atoms with Crippen LogP contribution in [0.25, 0.3) is 0 Å². The van der Waals surface area contributed by atoms with Crippen molar-refractivity contribution in [1.82, 2.24) is 9.80 Å². The van der Waals surface area contributed by atoms with Crippen molar-refractivity contribution in [2.24, 2.45) is 5.92 Å². The van der Waals surface area contributed by atoms with Gasteiger partial charge in [0.1, 0.15) is 5.60 Å². The van der Waals surface area contributed by atoms with Crippen molar-refractivity contribution >= 4 is 17.8 Å². The van der Waals surface area contributed by atoms with Gasteiger partial charge in [-0.3, -0.25) is 9.59 Å². The molecule has 0 aromatic heterocycles. The number of Topliss-reactive ketones (excluding diaryl/α,β-unsaturated/α-hetero) is 1. The molecule has 1 fully saturated rings. The smallest absolute Gasteiger partial charge is 0.410 e. The average molecular weight is 372 g/mol. The van der Waals surface area contributed by atoms with Crippen LogP contribution in [-0.4, -0.2) is 59.4 Å². The van der Waals surface area contributed by atoms with Gasteiger partial charge in [-0.25, -0.2) is 4.79 Å². The summed E-state index contributed by atoms with van der Waals surface area (Å²) in [6.07, 6.45) is 1.47. The summed E-state index contributed by atoms with van der Waals surface area (Å²) in [4.78, 5) is 40.9. The molecule has 6 nitrogen and oxygen atoms in total. The Morgan fingerprint density at radius 1 is 1.07 bits per heavy atom. The van der Waals surface area contributed by atoms with E-state index in [9.17, 15) is 14.4 Å². The van der Waals surface area contributed by atoms with Crippen LogP contribution in [0, 0.1) is 5.92 Å². The zero-order valence-corrected chi connectivity index (χ0v) is 16.4. The summed E-state index contributed by atoms with van der Waals surface area (Å²) in [6.45, 7) is 7.40. The van der Waals surface area contributed by atoms with Crippen LogP contribution in [0.3, 0.4) is 0 Å². The molecule has 1 aliphatic heterocycles. The first-order valence-corrected chi connectivity index (χ1v) is 9.62. The molecule has 1 aliphatic carbocycles. The molecular weight excluding hydrogens is 344 g/mol. The van der Waals surface area contributed by atoms with Gasteiger partial charge in [0.15, 0.2) is 5.78 Å². The van der Waals surface area contributed by atoms with Crippen LogP contribution in [0.15, 0.2) is 24.3 Å². The zero-order chi connectivity index (χ0) is 19.6. The minimum Gasteiger partial charge on any atom is -0.444 e. The molecule has 0 bridgehead atoms. The van der Waals surface area contributed by atoms with Crippen molar-refractivity contribution in [3.8, 4) is 0 Å². The Hall–Kier alpha value is -2.37. The van der Waals surface area contributed by atoms with E-state index < -0.39 is 5.60 Å². The maximum atomic E-state index is 12.7. The van der Waals surface area contributed by atoms with Gasteiger partial charge in [0, 0.05) is 44.1 Å². The fourth-order valence-electron chi connectivity index (χ4n) is 3.66. The third-order valence-corrected chi connectivity index (χ3v) is 5.12. The van der Waals surface area contributed by atoms with Gasteiger partial charge in [-0.15, -0.1) is 0 Å². The van der Waals surface area contributed by atoms with Gasteiger partial charge in [0.05, 0.1) is 0 Å². The molecule has 1 atom stereocenters. The van der Waals surface area contributed by atoms with E-state index in [2.05, 4.69) is 0 Å². The third-order valence-electron chi connectivity index (χ3n) is 5.12. The van der Waals surface area contributed by atoms with Gasteiger partial charge in [-0.05, 0) is 39.2 Å². The highest BCUT2D eigenvalue weighted by atomic mass is 16.6. The number of ether oxygens (including phenoxy) is 1. The number of nitrogens with zero attached hydrogens (tertiary/aromatic N) is 2. The maximum absolute atomic E-state index is 12.7. The summed E-state index contributed by atoms with van der Waals surface area (Å²) >= 11 is 0. The SMILES string of the molecule is CC(C)(C)OC(=O)N1CCN(C(=O)CC2CCc3ccccc3C2=O)CC1. The minimum atomic E-state index is -0.526. The van der Waals surface area contributed by atoms with Crippen molar-refractivity contribution in [1.29, 1.82) is 0 Å². The number of amides is 2. The first-order chi connectivity index (χ1) is 12.7. The Labute approximate surface area is 160 Å². The van der Waals surface area contributed by atoms with Gasteiger partial charge in [0.25, 0.3) is 0 Å². The number of rotatable bonds is 2. The monoisotopic (exact) mass is 372 g/mol. The second kappa shape index (κ2) is 7.71. The fourth-order valence-corrected chi connectivity index (χ4v) is 3.66. The van der Waals surface area contributed by atoms with E-state index >= 15 is 0 Å². The van der Waals surface area contributed by atoms with Crippen LogP contribution in [0.1, 0.15) is 49.5 Å². The highest BCUT2D eigenvalue weighted by Crippen LogP contribution is 2.28. The molecule has 6 heteroatoms. The number of piperazine rings is 1. The Morgan fingerprint density at radius 2 is 1.70 bits per heavy atom. The Kier molecular flexibility index (Phi) is 5.53. The van der Waals surface area contributed by atoms with Crippen molar-refractivity contribution in [3.05, 3.63) is 35.4 Å². The predicted molar refractivity (Wildman–Crippen MR) is 102 cm³/mol.